The third-order valence-corrected chi connectivity index (χ3v) is 4.89. The van der Waals surface area contributed by atoms with E-state index in [1.807, 2.05) is 67.4 Å². The van der Waals surface area contributed by atoms with Crippen LogP contribution in [0.15, 0.2) is 84.9 Å². The largest absolute Gasteiger partial charge is 0.486 e. The van der Waals surface area contributed by atoms with Crippen molar-refractivity contribution in [2.75, 3.05) is 26.7 Å². The summed E-state index contributed by atoms with van der Waals surface area (Å²) in [4.78, 5) is 13.7. The fourth-order valence-corrected chi connectivity index (χ4v) is 3.33. The standard InChI is InChI=1S/C26H29NO3/c1-3-29-26(28)20-27(2)19-18-25(23-12-8-5-9-13-23)30-24-16-14-22(15-17-24)21-10-6-4-7-11-21/h4-17,25H,3,18-20H2,1-2H3/t25-/m0/s1. The summed E-state index contributed by atoms with van der Waals surface area (Å²) in [7, 11) is 1.92. The summed E-state index contributed by atoms with van der Waals surface area (Å²) in [6.45, 7) is 3.23. The first-order chi connectivity index (χ1) is 14.7. The van der Waals surface area contributed by atoms with Crippen LogP contribution in [0, 0.1) is 0 Å². The highest BCUT2D eigenvalue weighted by molar-refractivity contribution is 5.71. The Hall–Kier alpha value is -3.11. The molecular formula is C26H29NO3. The molecule has 3 aromatic rings. The quantitative estimate of drug-likeness (QED) is 0.427. The molecular weight excluding hydrogens is 374 g/mol. The van der Waals surface area contributed by atoms with Crippen LogP contribution in [0.2, 0.25) is 0 Å². The third kappa shape index (κ3) is 6.46. The molecule has 4 nitrogen and oxygen atoms in total. The zero-order valence-corrected chi connectivity index (χ0v) is 17.7. The highest BCUT2D eigenvalue weighted by Gasteiger charge is 2.16. The fraction of sp³-hybridized carbons (Fsp3) is 0.269. The van der Waals surface area contributed by atoms with Crippen LogP contribution in [0.25, 0.3) is 11.1 Å². The Kier molecular flexibility index (Phi) is 8.04. The molecule has 0 aliphatic heterocycles. The number of hydrogen-bond acceptors (Lipinski definition) is 4. The second-order valence-corrected chi connectivity index (χ2v) is 7.24. The van der Waals surface area contributed by atoms with Crippen LogP contribution in [-0.2, 0) is 9.53 Å². The van der Waals surface area contributed by atoms with Gasteiger partial charge in [0.05, 0.1) is 13.2 Å². The van der Waals surface area contributed by atoms with Gasteiger partial charge in [0.1, 0.15) is 11.9 Å². The Morgan fingerprint density at radius 1 is 0.867 bits per heavy atom. The summed E-state index contributed by atoms with van der Waals surface area (Å²) in [6.07, 6.45) is 0.666. The first kappa shape index (κ1) is 21.6. The number of ether oxygens (including phenoxy) is 2. The maximum atomic E-state index is 11.7. The maximum Gasteiger partial charge on any atom is 0.320 e. The first-order valence-corrected chi connectivity index (χ1v) is 10.4. The van der Waals surface area contributed by atoms with Gasteiger partial charge in [-0.05, 0) is 42.8 Å². The molecule has 0 heterocycles. The molecule has 0 aliphatic rings. The summed E-state index contributed by atoms with van der Waals surface area (Å²) in [5.41, 5.74) is 3.46. The number of carbonyl (C=O) groups excluding carboxylic acids is 1. The van der Waals surface area contributed by atoms with E-state index in [0.29, 0.717) is 6.61 Å². The highest BCUT2D eigenvalue weighted by atomic mass is 16.5. The molecule has 0 fully saturated rings. The van der Waals surface area contributed by atoms with Gasteiger partial charge in [0.25, 0.3) is 0 Å². The fourth-order valence-electron chi connectivity index (χ4n) is 3.33. The molecule has 30 heavy (non-hydrogen) atoms. The lowest BCUT2D eigenvalue weighted by Gasteiger charge is -2.23. The Labute approximate surface area is 179 Å². The average molecular weight is 404 g/mol. The minimum absolute atomic E-state index is 0.0987. The van der Waals surface area contributed by atoms with Crippen LogP contribution >= 0.6 is 0 Å². The predicted molar refractivity (Wildman–Crippen MR) is 120 cm³/mol. The minimum Gasteiger partial charge on any atom is -0.486 e. The SMILES string of the molecule is CCOC(=O)CN(C)CC[C@H](Oc1ccc(-c2ccccc2)cc1)c1ccccc1. The molecule has 0 aromatic heterocycles. The molecule has 4 heteroatoms. The van der Waals surface area contributed by atoms with Crippen LogP contribution in [0.3, 0.4) is 0 Å². The number of hydrogen-bond donors (Lipinski definition) is 0. The van der Waals surface area contributed by atoms with Gasteiger partial charge in [0, 0.05) is 13.0 Å². The van der Waals surface area contributed by atoms with Crippen molar-refractivity contribution in [1.29, 1.82) is 0 Å². The number of benzene rings is 3. The minimum atomic E-state index is -0.200. The molecule has 0 bridgehead atoms. The van der Waals surface area contributed by atoms with Gasteiger partial charge in [-0.25, -0.2) is 0 Å². The van der Waals surface area contributed by atoms with Gasteiger partial charge in [-0.3, -0.25) is 9.69 Å². The molecule has 0 saturated carbocycles. The van der Waals surface area contributed by atoms with Gasteiger partial charge in [-0.15, -0.1) is 0 Å². The van der Waals surface area contributed by atoms with Crippen molar-refractivity contribution in [2.24, 2.45) is 0 Å². The molecule has 0 N–H and O–H groups in total. The predicted octanol–water partition coefficient (Wildman–Crippen LogP) is 5.36. The van der Waals surface area contributed by atoms with Crippen molar-refractivity contribution in [3.8, 4) is 16.9 Å². The molecule has 0 spiro atoms. The number of likely N-dealkylation sites (N-methyl/N-ethyl adjacent to an activating group) is 1. The van der Waals surface area contributed by atoms with E-state index < -0.39 is 0 Å². The summed E-state index contributed by atoms with van der Waals surface area (Å²) in [5.74, 6) is 0.630. The van der Waals surface area contributed by atoms with Crippen LogP contribution in [-0.4, -0.2) is 37.6 Å². The van der Waals surface area contributed by atoms with Crippen LogP contribution in [0.1, 0.15) is 25.0 Å². The van der Waals surface area contributed by atoms with Gasteiger partial charge in [-0.1, -0.05) is 72.8 Å². The van der Waals surface area contributed by atoms with Gasteiger partial charge in [0.2, 0.25) is 0 Å². The molecule has 0 unspecified atom stereocenters. The number of esters is 1. The second-order valence-electron chi connectivity index (χ2n) is 7.24. The maximum absolute atomic E-state index is 11.7. The lowest BCUT2D eigenvalue weighted by atomic mass is 10.0. The molecule has 3 aromatic carbocycles. The van der Waals surface area contributed by atoms with Gasteiger partial charge in [-0.2, -0.15) is 0 Å². The topological polar surface area (TPSA) is 38.8 Å². The van der Waals surface area contributed by atoms with Crippen molar-refractivity contribution in [3.05, 3.63) is 90.5 Å². The molecule has 0 aliphatic carbocycles. The zero-order chi connectivity index (χ0) is 21.2. The van der Waals surface area contributed by atoms with E-state index in [-0.39, 0.29) is 18.6 Å². The number of rotatable bonds is 10. The number of nitrogens with zero attached hydrogens (tertiary/aromatic N) is 1. The monoisotopic (exact) mass is 403 g/mol. The van der Waals surface area contributed by atoms with Crippen molar-refractivity contribution >= 4 is 5.97 Å². The van der Waals surface area contributed by atoms with E-state index in [0.717, 1.165) is 29.8 Å². The normalized spacial score (nSPS) is 11.8. The molecule has 1 atom stereocenters. The molecule has 0 saturated heterocycles. The lowest BCUT2D eigenvalue weighted by molar-refractivity contribution is -0.144. The smallest absolute Gasteiger partial charge is 0.320 e. The summed E-state index contributed by atoms with van der Waals surface area (Å²) >= 11 is 0. The molecule has 0 amide bonds. The second kappa shape index (κ2) is 11.2. The van der Waals surface area contributed by atoms with E-state index in [1.54, 1.807) is 0 Å². The Morgan fingerprint density at radius 2 is 1.47 bits per heavy atom. The van der Waals surface area contributed by atoms with Crippen molar-refractivity contribution < 1.29 is 14.3 Å². The van der Waals surface area contributed by atoms with Crippen molar-refractivity contribution in [3.63, 3.8) is 0 Å². The van der Waals surface area contributed by atoms with Crippen LogP contribution in [0.4, 0.5) is 0 Å². The third-order valence-electron chi connectivity index (χ3n) is 4.89. The van der Waals surface area contributed by atoms with Crippen molar-refractivity contribution in [1.82, 2.24) is 4.90 Å². The Bertz CT molecular complexity index is 895. The van der Waals surface area contributed by atoms with E-state index >= 15 is 0 Å². The van der Waals surface area contributed by atoms with Crippen LogP contribution < -0.4 is 4.74 Å². The van der Waals surface area contributed by atoms with Crippen molar-refractivity contribution in [2.45, 2.75) is 19.4 Å². The van der Waals surface area contributed by atoms with Gasteiger partial charge < -0.3 is 9.47 Å². The average Bonchev–Trinajstić information content (AvgIpc) is 2.78. The summed E-state index contributed by atoms with van der Waals surface area (Å²) in [5, 5.41) is 0. The highest BCUT2D eigenvalue weighted by Crippen LogP contribution is 2.27. The molecule has 0 radical (unpaired) electrons. The first-order valence-electron chi connectivity index (χ1n) is 10.4. The Balaban J connectivity index is 1.66. The lowest BCUT2D eigenvalue weighted by Crippen LogP contribution is -2.29. The number of carbonyl (C=O) groups is 1. The summed E-state index contributed by atoms with van der Waals surface area (Å²) in [6, 6.07) is 28.7. The van der Waals surface area contributed by atoms with Gasteiger partial charge >= 0.3 is 5.97 Å². The van der Waals surface area contributed by atoms with E-state index in [4.69, 9.17) is 9.47 Å². The summed E-state index contributed by atoms with van der Waals surface area (Å²) < 4.78 is 11.4. The van der Waals surface area contributed by atoms with Gasteiger partial charge in [0.15, 0.2) is 0 Å². The molecule has 3 rings (SSSR count). The Morgan fingerprint density at radius 3 is 2.10 bits per heavy atom. The molecule has 156 valence electrons. The van der Waals surface area contributed by atoms with E-state index in [1.165, 1.54) is 5.56 Å². The van der Waals surface area contributed by atoms with E-state index in [9.17, 15) is 4.79 Å². The van der Waals surface area contributed by atoms with Crippen LogP contribution in [0.5, 0.6) is 5.75 Å². The van der Waals surface area contributed by atoms with E-state index in [2.05, 4.69) is 36.4 Å². The zero-order valence-electron chi connectivity index (χ0n) is 17.7.